The van der Waals surface area contributed by atoms with Gasteiger partial charge in [0, 0.05) is 11.6 Å². The Labute approximate surface area is 199 Å². The van der Waals surface area contributed by atoms with Gasteiger partial charge in [0.25, 0.3) is 0 Å². The maximum Gasteiger partial charge on any atom is 0.342 e. The number of ether oxygens (including phenoxy) is 3. The number of methoxy groups -OCH3 is 2. The van der Waals surface area contributed by atoms with Crippen LogP contribution in [0.25, 0.3) is 27.4 Å². The molecule has 5 rings (SSSR count). The predicted molar refractivity (Wildman–Crippen MR) is 129 cm³/mol. The van der Waals surface area contributed by atoms with Crippen molar-refractivity contribution in [3.05, 3.63) is 83.8 Å². The van der Waals surface area contributed by atoms with E-state index in [1.165, 1.54) is 11.3 Å². The van der Waals surface area contributed by atoms with Crippen molar-refractivity contribution < 1.29 is 19.0 Å². The number of hydrogen-bond acceptors (Lipinski definition) is 8. The fraction of sp³-hybridized carbons (Fsp3) is 0.120. The van der Waals surface area contributed by atoms with Crippen LogP contribution in [0.5, 0.6) is 11.5 Å². The van der Waals surface area contributed by atoms with E-state index in [2.05, 4.69) is 15.0 Å². The molecule has 0 fully saturated rings. The van der Waals surface area contributed by atoms with Crippen LogP contribution in [0.2, 0.25) is 0 Å². The van der Waals surface area contributed by atoms with Gasteiger partial charge in [-0.3, -0.25) is 4.57 Å². The van der Waals surface area contributed by atoms with Gasteiger partial charge >= 0.3 is 5.97 Å². The van der Waals surface area contributed by atoms with Crippen LogP contribution in [0.1, 0.15) is 16.1 Å². The van der Waals surface area contributed by atoms with E-state index in [-0.39, 0.29) is 6.61 Å². The minimum Gasteiger partial charge on any atom is -0.493 e. The third-order valence-corrected chi connectivity index (χ3v) is 6.15. The van der Waals surface area contributed by atoms with Crippen LogP contribution in [0.15, 0.2) is 72.5 Å². The number of para-hydroxylation sites is 3. The molecule has 0 bridgehead atoms. The van der Waals surface area contributed by atoms with Crippen LogP contribution in [-0.4, -0.2) is 39.7 Å². The summed E-state index contributed by atoms with van der Waals surface area (Å²) in [6, 6.07) is 16.7. The van der Waals surface area contributed by atoms with Crippen molar-refractivity contribution in [2.75, 3.05) is 14.2 Å². The summed E-state index contributed by atoms with van der Waals surface area (Å²) in [6.07, 6.45) is 3.28. The summed E-state index contributed by atoms with van der Waals surface area (Å²) >= 11 is 1.44. The monoisotopic (exact) mass is 472 g/mol. The largest absolute Gasteiger partial charge is 0.493 e. The van der Waals surface area contributed by atoms with Crippen molar-refractivity contribution in [1.82, 2.24) is 19.5 Å². The Hall–Kier alpha value is -4.24. The summed E-state index contributed by atoms with van der Waals surface area (Å²) in [4.78, 5) is 26.4. The number of aromatic nitrogens is 4. The Bertz CT molecular complexity index is 1480. The lowest BCUT2D eigenvalue weighted by atomic mass is 10.2. The number of esters is 1. The third kappa shape index (κ3) is 3.97. The third-order valence-electron chi connectivity index (χ3n) is 5.22. The number of pyridine rings is 1. The number of nitrogens with zero attached hydrogens (tertiary/aromatic N) is 4. The van der Waals surface area contributed by atoms with Crippen LogP contribution in [0, 0.1) is 0 Å². The summed E-state index contributed by atoms with van der Waals surface area (Å²) in [7, 11) is 3.18. The molecule has 0 aliphatic heterocycles. The number of rotatable bonds is 7. The second-order valence-electron chi connectivity index (χ2n) is 7.24. The van der Waals surface area contributed by atoms with E-state index in [0.717, 1.165) is 21.6 Å². The maximum atomic E-state index is 13.0. The van der Waals surface area contributed by atoms with Crippen LogP contribution >= 0.6 is 11.3 Å². The van der Waals surface area contributed by atoms with E-state index in [0.29, 0.717) is 28.6 Å². The Kier molecular flexibility index (Phi) is 5.92. The van der Waals surface area contributed by atoms with E-state index in [4.69, 9.17) is 14.2 Å². The van der Waals surface area contributed by atoms with Crippen molar-refractivity contribution in [3.63, 3.8) is 0 Å². The summed E-state index contributed by atoms with van der Waals surface area (Å²) in [6.45, 7) is 0.0284. The zero-order valence-electron chi connectivity index (χ0n) is 18.5. The highest BCUT2D eigenvalue weighted by Gasteiger charge is 2.19. The van der Waals surface area contributed by atoms with Crippen LogP contribution in [0.3, 0.4) is 0 Å². The highest BCUT2D eigenvalue weighted by molar-refractivity contribution is 7.13. The van der Waals surface area contributed by atoms with Crippen molar-refractivity contribution >= 4 is 28.3 Å². The van der Waals surface area contributed by atoms with E-state index >= 15 is 0 Å². The molecular formula is C25H20N4O4S. The first-order valence-electron chi connectivity index (χ1n) is 10.4. The molecule has 0 N–H and O–H groups in total. The van der Waals surface area contributed by atoms with Gasteiger partial charge in [0.15, 0.2) is 17.3 Å². The Balaban J connectivity index is 1.37. The molecule has 0 saturated heterocycles. The topological polar surface area (TPSA) is 88.4 Å². The molecule has 0 aliphatic rings. The van der Waals surface area contributed by atoms with Crippen LogP contribution in [0.4, 0.5) is 0 Å². The Morgan fingerprint density at radius 3 is 2.74 bits per heavy atom. The van der Waals surface area contributed by atoms with E-state index in [9.17, 15) is 4.79 Å². The van der Waals surface area contributed by atoms with Crippen LogP contribution in [-0.2, 0) is 11.3 Å². The molecule has 34 heavy (non-hydrogen) atoms. The number of fused-ring (bicyclic) bond motifs is 1. The van der Waals surface area contributed by atoms with Gasteiger partial charge in [-0.05, 0) is 36.4 Å². The smallest absolute Gasteiger partial charge is 0.342 e. The van der Waals surface area contributed by atoms with Gasteiger partial charge < -0.3 is 14.2 Å². The molecule has 5 aromatic rings. The molecule has 0 saturated carbocycles. The fourth-order valence-corrected chi connectivity index (χ4v) is 4.47. The van der Waals surface area contributed by atoms with Gasteiger partial charge in [0.05, 0.1) is 36.5 Å². The fourth-order valence-electron chi connectivity index (χ4n) is 3.65. The zero-order chi connectivity index (χ0) is 23.5. The molecular weight excluding hydrogens is 452 g/mol. The van der Waals surface area contributed by atoms with Crippen LogP contribution < -0.4 is 9.47 Å². The first-order valence-corrected chi connectivity index (χ1v) is 11.3. The lowest BCUT2D eigenvalue weighted by Crippen LogP contribution is -2.11. The lowest BCUT2D eigenvalue weighted by Gasteiger charge is -2.10. The normalized spacial score (nSPS) is 10.9. The standard InChI is InChI=1S/C25H20N4O4S/c1-31-21-11-5-7-17(22(21)32-2)24-28-16(14-34-24)13-33-25(30)18-8-6-12-26-23(18)29-15-27-19-9-3-4-10-20(19)29/h3-12,14-15H,13H2,1-2H3. The van der Waals surface area contributed by atoms with Crippen molar-refractivity contribution in [2.24, 2.45) is 0 Å². The average Bonchev–Trinajstić information content (AvgIpc) is 3.54. The molecule has 170 valence electrons. The molecule has 9 heteroatoms. The molecule has 2 aromatic carbocycles. The van der Waals surface area contributed by atoms with E-state index in [1.54, 1.807) is 43.4 Å². The molecule has 8 nitrogen and oxygen atoms in total. The van der Waals surface area contributed by atoms with Gasteiger partial charge in [0.1, 0.15) is 23.5 Å². The summed E-state index contributed by atoms with van der Waals surface area (Å²) in [5.74, 6) is 1.20. The Morgan fingerprint density at radius 2 is 1.88 bits per heavy atom. The Morgan fingerprint density at radius 1 is 1.00 bits per heavy atom. The molecule has 0 unspecified atom stereocenters. The zero-order valence-corrected chi connectivity index (χ0v) is 19.3. The molecule has 0 radical (unpaired) electrons. The van der Waals surface area contributed by atoms with Crippen molar-refractivity contribution in [2.45, 2.75) is 6.61 Å². The molecule has 0 amide bonds. The number of carbonyl (C=O) groups is 1. The number of thiazole rings is 1. The first-order chi connectivity index (χ1) is 16.7. The number of benzene rings is 2. The van der Waals surface area contributed by atoms with E-state index < -0.39 is 5.97 Å². The van der Waals surface area contributed by atoms with Crippen molar-refractivity contribution in [1.29, 1.82) is 0 Å². The lowest BCUT2D eigenvalue weighted by molar-refractivity contribution is 0.0468. The molecule has 0 aliphatic carbocycles. The SMILES string of the molecule is COc1cccc(-c2nc(COC(=O)c3cccnc3-n3cnc4ccccc43)cs2)c1OC. The quantitative estimate of drug-likeness (QED) is 0.311. The van der Waals surface area contributed by atoms with E-state index in [1.807, 2.05) is 47.8 Å². The second kappa shape index (κ2) is 9.32. The average molecular weight is 473 g/mol. The van der Waals surface area contributed by atoms with Gasteiger partial charge in [-0.15, -0.1) is 11.3 Å². The minimum atomic E-state index is -0.491. The number of hydrogen-bond donors (Lipinski definition) is 0. The molecule has 0 spiro atoms. The maximum absolute atomic E-state index is 13.0. The van der Waals surface area contributed by atoms with Gasteiger partial charge in [-0.2, -0.15) is 0 Å². The molecule has 0 atom stereocenters. The molecule has 3 heterocycles. The predicted octanol–water partition coefficient (Wildman–Crippen LogP) is 4.92. The highest BCUT2D eigenvalue weighted by Crippen LogP contribution is 2.39. The van der Waals surface area contributed by atoms with Crippen molar-refractivity contribution in [3.8, 4) is 27.9 Å². The van der Waals surface area contributed by atoms with Gasteiger partial charge in [-0.25, -0.2) is 19.7 Å². The summed E-state index contributed by atoms with van der Waals surface area (Å²) < 4.78 is 18.3. The summed E-state index contributed by atoms with van der Waals surface area (Å²) in [5, 5.41) is 2.60. The number of imidazole rings is 1. The second-order valence-corrected chi connectivity index (χ2v) is 8.10. The summed E-state index contributed by atoms with van der Waals surface area (Å²) in [5.41, 5.74) is 3.46. The first kappa shape index (κ1) is 21.6. The van der Waals surface area contributed by atoms with Gasteiger partial charge in [0.2, 0.25) is 0 Å². The highest BCUT2D eigenvalue weighted by atomic mass is 32.1. The molecule has 3 aromatic heterocycles. The minimum absolute atomic E-state index is 0.0284. The number of carbonyl (C=O) groups excluding carboxylic acids is 1. The van der Waals surface area contributed by atoms with Gasteiger partial charge in [-0.1, -0.05) is 18.2 Å².